The third kappa shape index (κ3) is 4.17. The van der Waals surface area contributed by atoms with Crippen LogP contribution in [0.15, 0.2) is 41.3 Å². The number of nitro groups is 1. The van der Waals surface area contributed by atoms with Gasteiger partial charge in [-0.15, -0.1) is 0 Å². The summed E-state index contributed by atoms with van der Waals surface area (Å²) in [5.74, 6) is -2.07. The number of nitrogens with zero attached hydrogens (tertiary/aromatic N) is 1. The second-order valence-electron chi connectivity index (χ2n) is 4.55. The smallest absolute Gasteiger partial charge is 0.377 e. The molecule has 12 heteroatoms. The molecule has 0 saturated carbocycles. The van der Waals surface area contributed by atoms with Crippen LogP contribution in [0.2, 0.25) is 5.02 Å². The third-order valence-corrected chi connectivity index (χ3v) is 4.40. The molecule has 0 atom stereocenters. The molecule has 25 heavy (non-hydrogen) atoms. The van der Waals surface area contributed by atoms with Gasteiger partial charge in [0, 0.05) is 12.1 Å². The number of benzene rings is 2. The predicted octanol–water partition coefficient (Wildman–Crippen LogP) is 4.17. The Bertz CT molecular complexity index is 946. The Kier molecular flexibility index (Phi) is 4.91. The zero-order valence-electron chi connectivity index (χ0n) is 11.8. The fraction of sp³-hybridized carbons (Fsp3) is 0.0769. The fourth-order valence-corrected chi connectivity index (χ4v) is 3.01. The van der Waals surface area contributed by atoms with Crippen LogP contribution in [0.1, 0.15) is 5.56 Å². The van der Waals surface area contributed by atoms with Gasteiger partial charge < -0.3 is 4.18 Å². The second kappa shape index (κ2) is 6.48. The Morgan fingerprint density at radius 3 is 2.28 bits per heavy atom. The van der Waals surface area contributed by atoms with Gasteiger partial charge in [0.05, 0.1) is 15.5 Å². The SMILES string of the molecule is O=[N+]([O-])c1ccc(OS(=O)(=O)c2cc(C(F)(F)F)ccc2F)c(Cl)c1. The number of halogens is 5. The lowest BCUT2D eigenvalue weighted by Crippen LogP contribution is -2.14. The Hall–Kier alpha value is -2.40. The van der Waals surface area contributed by atoms with Crippen molar-refractivity contribution < 1.29 is 35.1 Å². The molecule has 2 aromatic carbocycles. The summed E-state index contributed by atoms with van der Waals surface area (Å²) in [4.78, 5) is 8.42. The summed E-state index contributed by atoms with van der Waals surface area (Å²) in [6.45, 7) is 0. The molecule has 134 valence electrons. The lowest BCUT2D eigenvalue weighted by molar-refractivity contribution is -0.384. The molecule has 0 heterocycles. The number of alkyl halides is 3. The molecule has 0 aliphatic rings. The number of nitro benzene ring substituents is 1. The number of rotatable bonds is 4. The molecule has 0 fully saturated rings. The van der Waals surface area contributed by atoms with E-state index in [4.69, 9.17) is 11.6 Å². The largest absolute Gasteiger partial charge is 0.416 e. The van der Waals surface area contributed by atoms with Crippen LogP contribution in [-0.4, -0.2) is 13.3 Å². The molecule has 0 aliphatic heterocycles. The first-order valence-corrected chi connectivity index (χ1v) is 7.95. The van der Waals surface area contributed by atoms with Crippen LogP contribution >= 0.6 is 11.6 Å². The molecular formula is C13H6ClF4NO5S. The van der Waals surface area contributed by atoms with Crippen LogP contribution in [0.25, 0.3) is 0 Å². The van der Waals surface area contributed by atoms with Crippen LogP contribution in [0, 0.1) is 15.9 Å². The van der Waals surface area contributed by atoms with Gasteiger partial charge >= 0.3 is 16.3 Å². The van der Waals surface area contributed by atoms with Gasteiger partial charge in [-0.05, 0) is 24.3 Å². The molecule has 2 rings (SSSR count). The van der Waals surface area contributed by atoms with Crippen molar-refractivity contribution >= 4 is 27.4 Å². The first kappa shape index (κ1) is 18.9. The molecule has 0 unspecified atom stereocenters. The fourth-order valence-electron chi connectivity index (χ4n) is 1.71. The van der Waals surface area contributed by atoms with Gasteiger partial charge in [-0.1, -0.05) is 11.6 Å². The zero-order chi connectivity index (χ0) is 19.0. The molecule has 2 aromatic rings. The van der Waals surface area contributed by atoms with Crippen molar-refractivity contribution in [2.75, 3.05) is 0 Å². The topological polar surface area (TPSA) is 86.5 Å². The van der Waals surface area contributed by atoms with Crippen molar-refractivity contribution in [3.63, 3.8) is 0 Å². The quantitative estimate of drug-likeness (QED) is 0.333. The monoisotopic (exact) mass is 399 g/mol. The van der Waals surface area contributed by atoms with Crippen LogP contribution < -0.4 is 4.18 Å². The minimum absolute atomic E-state index is 0.0734. The zero-order valence-corrected chi connectivity index (χ0v) is 13.3. The van der Waals surface area contributed by atoms with Crippen molar-refractivity contribution in [3.8, 4) is 5.75 Å². The van der Waals surface area contributed by atoms with E-state index < -0.39 is 54.0 Å². The van der Waals surface area contributed by atoms with E-state index in [0.29, 0.717) is 12.1 Å². The number of hydrogen-bond donors (Lipinski definition) is 0. The molecule has 0 aliphatic carbocycles. The second-order valence-corrected chi connectivity index (χ2v) is 6.47. The summed E-state index contributed by atoms with van der Waals surface area (Å²) >= 11 is 5.64. The lowest BCUT2D eigenvalue weighted by Gasteiger charge is -2.11. The summed E-state index contributed by atoms with van der Waals surface area (Å²) in [5.41, 5.74) is -1.87. The minimum atomic E-state index is -5.01. The highest BCUT2D eigenvalue weighted by atomic mass is 35.5. The van der Waals surface area contributed by atoms with Crippen molar-refractivity contribution in [1.29, 1.82) is 0 Å². The summed E-state index contributed by atoms with van der Waals surface area (Å²) < 4.78 is 80.3. The summed E-state index contributed by atoms with van der Waals surface area (Å²) in [6, 6.07) is 3.23. The maximum Gasteiger partial charge on any atom is 0.416 e. The van der Waals surface area contributed by atoms with E-state index in [0.717, 1.165) is 18.2 Å². The van der Waals surface area contributed by atoms with Crippen LogP contribution in [0.5, 0.6) is 5.75 Å². The van der Waals surface area contributed by atoms with Gasteiger partial charge in [-0.2, -0.15) is 21.6 Å². The maximum atomic E-state index is 13.7. The highest BCUT2D eigenvalue weighted by Crippen LogP contribution is 2.34. The van der Waals surface area contributed by atoms with Crippen molar-refractivity contribution in [3.05, 3.63) is 62.9 Å². The van der Waals surface area contributed by atoms with E-state index in [9.17, 15) is 36.1 Å². The molecule has 0 saturated heterocycles. The summed E-state index contributed by atoms with van der Waals surface area (Å²) in [7, 11) is -5.01. The first-order chi connectivity index (χ1) is 11.4. The van der Waals surface area contributed by atoms with E-state index >= 15 is 0 Å². The molecule has 0 aromatic heterocycles. The van der Waals surface area contributed by atoms with E-state index in [1.165, 1.54) is 0 Å². The van der Waals surface area contributed by atoms with Crippen molar-refractivity contribution in [2.45, 2.75) is 11.1 Å². The molecule has 0 amide bonds. The van der Waals surface area contributed by atoms with Crippen LogP contribution in [0.4, 0.5) is 23.2 Å². The minimum Gasteiger partial charge on any atom is -0.377 e. The molecule has 0 spiro atoms. The van der Waals surface area contributed by atoms with E-state index in [1.54, 1.807) is 0 Å². The lowest BCUT2D eigenvalue weighted by atomic mass is 10.2. The average molecular weight is 400 g/mol. The van der Waals surface area contributed by atoms with Crippen molar-refractivity contribution in [2.24, 2.45) is 0 Å². The van der Waals surface area contributed by atoms with Gasteiger partial charge in [0.1, 0.15) is 10.7 Å². The van der Waals surface area contributed by atoms with E-state index in [-0.39, 0.29) is 6.07 Å². The van der Waals surface area contributed by atoms with Crippen molar-refractivity contribution in [1.82, 2.24) is 0 Å². The average Bonchev–Trinajstić information content (AvgIpc) is 2.48. The van der Waals surface area contributed by atoms with Gasteiger partial charge in [-0.25, -0.2) is 4.39 Å². The standard InChI is InChI=1S/C13H6ClF4NO5S/c14-9-6-8(19(20)21)2-4-11(9)24-25(22,23)12-5-7(13(16,17)18)1-3-10(12)15/h1-6H. The molecule has 6 nitrogen and oxygen atoms in total. The van der Waals surface area contributed by atoms with Gasteiger partial charge in [0.2, 0.25) is 0 Å². The Labute approximate surface area is 142 Å². The van der Waals surface area contributed by atoms with Crippen LogP contribution in [0.3, 0.4) is 0 Å². The highest BCUT2D eigenvalue weighted by molar-refractivity contribution is 7.87. The Morgan fingerprint density at radius 1 is 1.12 bits per heavy atom. The Balaban J connectivity index is 2.45. The van der Waals surface area contributed by atoms with E-state index in [2.05, 4.69) is 4.18 Å². The predicted molar refractivity (Wildman–Crippen MR) is 77.3 cm³/mol. The number of non-ortho nitro benzene ring substituents is 1. The van der Waals surface area contributed by atoms with E-state index in [1.807, 2.05) is 0 Å². The van der Waals surface area contributed by atoms with Gasteiger partial charge in [-0.3, -0.25) is 10.1 Å². The van der Waals surface area contributed by atoms with Gasteiger partial charge in [0.25, 0.3) is 5.69 Å². The molecule has 0 bridgehead atoms. The molecular weight excluding hydrogens is 394 g/mol. The molecule has 0 N–H and O–H groups in total. The third-order valence-electron chi connectivity index (χ3n) is 2.85. The maximum absolute atomic E-state index is 13.7. The summed E-state index contributed by atoms with van der Waals surface area (Å²) in [5, 5.41) is 10.1. The summed E-state index contributed by atoms with van der Waals surface area (Å²) in [6.07, 6.45) is -4.90. The highest BCUT2D eigenvalue weighted by Gasteiger charge is 2.34. The van der Waals surface area contributed by atoms with Gasteiger partial charge in [0.15, 0.2) is 5.75 Å². The normalized spacial score (nSPS) is 12.0. The number of hydrogen-bond acceptors (Lipinski definition) is 5. The Morgan fingerprint density at radius 2 is 1.76 bits per heavy atom. The first-order valence-electron chi connectivity index (χ1n) is 6.17. The molecule has 0 radical (unpaired) electrons. The van der Waals surface area contributed by atoms with Crippen LogP contribution in [-0.2, 0) is 16.3 Å².